The summed E-state index contributed by atoms with van der Waals surface area (Å²) in [5.41, 5.74) is 0.879. The minimum atomic E-state index is -0.638. The van der Waals surface area contributed by atoms with E-state index in [1.165, 1.54) is 19.2 Å². The maximum absolute atomic E-state index is 14.1. The number of aliphatic hydroxyl groups excluding tert-OH is 1. The normalized spacial score (nSPS) is 21.2. The number of β-amino-alcohol motifs (C(OH)–C–C–N with tert-alkyl or cyclic N) is 1. The predicted octanol–water partition coefficient (Wildman–Crippen LogP) is 3.42. The Labute approximate surface area is 138 Å². The van der Waals surface area contributed by atoms with Crippen LogP contribution in [0, 0.1) is 17.5 Å². The summed E-state index contributed by atoms with van der Waals surface area (Å²) in [6.45, 7) is 0.632. The van der Waals surface area contributed by atoms with Gasteiger partial charge in [-0.25, -0.2) is 13.2 Å². The summed E-state index contributed by atoms with van der Waals surface area (Å²) < 4.78 is 46.3. The molecule has 1 aliphatic rings. The number of benzene rings is 2. The van der Waals surface area contributed by atoms with Crippen molar-refractivity contribution < 1.29 is 23.0 Å². The number of ether oxygens (including phenoxy) is 1. The molecule has 3 nitrogen and oxygen atoms in total. The first-order valence-corrected chi connectivity index (χ1v) is 7.67. The largest absolute Gasteiger partial charge is 0.494 e. The summed E-state index contributed by atoms with van der Waals surface area (Å²) >= 11 is 0. The van der Waals surface area contributed by atoms with Crippen LogP contribution in [0.25, 0.3) is 0 Å². The molecule has 0 bridgehead atoms. The molecular weight excluding hydrogens is 319 g/mol. The molecule has 2 aromatic carbocycles. The lowest BCUT2D eigenvalue weighted by molar-refractivity contribution is 0.172. The van der Waals surface area contributed by atoms with E-state index in [0.717, 1.165) is 18.2 Å². The zero-order valence-corrected chi connectivity index (χ0v) is 13.2. The Balaban J connectivity index is 1.85. The molecule has 1 N–H and O–H groups in total. The van der Waals surface area contributed by atoms with Gasteiger partial charge >= 0.3 is 0 Å². The predicted molar refractivity (Wildman–Crippen MR) is 83.1 cm³/mol. The Kier molecular flexibility index (Phi) is 4.78. The molecule has 2 aromatic rings. The van der Waals surface area contributed by atoms with Crippen molar-refractivity contribution in [1.82, 2.24) is 4.90 Å². The van der Waals surface area contributed by atoms with Gasteiger partial charge < -0.3 is 9.84 Å². The number of halogens is 3. The van der Waals surface area contributed by atoms with Crippen LogP contribution in [0.4, 0.5) is 13.2 Å². The molecule has 1 heterocycles. The summed E-state index contributed by atoms with van der Waals surface area (Å²) in [5.74, 6) is -1.37. The number of likely N-dealkylation sites (tertiary alicyclic amines) is 1. The summed E-state index contributed by atoms with van der Waals surface area (Å²) in [5, 5.41) is 9.95. The average molecular weight is 337 g/mol. The van der Waals surface area contributed by atoms with Gasteiger partial charge in [0.05, 0.1) is 13.2 Å². The molecule has 3 rings (SSSR count). The van der Waals surface area contributed by atoms with Gasteiger partial charge in [-0.2, -0.15) is 0 Å². The van der Waals surface area contributed by atoms with Crippen LogP contribution in [0.1, 0.15) is 23.6 Å². The third-order valence-corrected chi connectivity index (χ3v) is 4.30. The highest BCUT2D eigenvalue weighted by atomic mass is 19.1. The molecular formula is C18H18F3NO2. The SMILES string of the molecule is COc1ccc(CN2CC(O)CC2c2cc(F)ccc2F)cc1F. The van der Waals surface area contributed by atoms with Gasteiger partial charge in [0.15, 0.2) is 11.6 Å². The lowest BCUT2D eigenvalue weighted by atomic mass is 10.0. The van der Waals surface area contributed by atoms with Crippen LogP contribution in [0.3, 0.4) is 0 Å². The summed E-state index contributed by atoms with van der Waals surface area (Å²) in [7, 11) is 1.39. The van der Waals surface area contributed by atoms with Crippen molar-refractivity contribution in [2.45, 2.75) is 25.1 Å². The van der Waals surface area contributed by atoms with Crippen molar-refractivity contribution in [3.63, 3.8) is 0 Å². The van der Waals surface area contributed by atoms with E-state index in [-0.39, 0.29) is 11.3 Å². The number of rotatable bonds is 4. The van der Waals surface area contributed by atoms with Crippen molar-refractivity contribution in [2.24, 2.45) is 0 Å². The lowest BCUT2D eigenvalue weighted by Crippen LogP contribution is -2.25. The van der Waals surface area contributed by atoms with E-state index in [1.54, 1.807) is 6.07 Å². The van der Waals surface area contributed by atoms with Crippen molar-refractivity contribution in [3.8, 4) is 5.75 Å². The molecule has 0 spiro atoms. The van der Waals surface area contributed by atoms with Crippen LogP contribution in [0.5, 0.6) is 5.75 Å². The molecule has 0 aromatic heterocycles. The first kappa shape index (κ1) is 16.8. The second-order valence-electron chi connectivity index (χ2n) is 5.97. The maximum Gasteiger partial charge on any atom is 0.165 e. The van der Waals surface area contributed by atoms with Gasteiger partial charge in [-0.05, 0) is 42.3 Å². The van der Waals surface area contributed by atoms with E-state index in [0.29, 0.717) is 25.1 Å². The zero-order chi connectivity index (χ0) is 17.3. The molecule has 0 radical (unpaired) electrons. The van der Waals surface area contributed by atoms with Crippen LogP contribution in [-0.4, -0.2) is 29.8 Å². The lowest BCUT2D eigenvalue weighted by Gasteiger charge is -2.25. The summed E-state index contributed by atoms with van der Waals surface area (Å²) in [4.78, 5) is 1.82. The molecule has 128 valence electrons. The highest BCUT2D eigenvalue weighted by Gasteiger charge is 2.33. The summed E-state index contributed by atoms with van der Waals surface area (Å²) in [6.07, 6.45) is -0.334. The Morgan fingerprint density at radius 2 is 1.92 bits per heavy atom. The van der Waals surface area contributed by atoms with E-state index in [4.69, 9.17) is 4.74 Å². The second kappa shape index (κ2) is 6.83. The Hall–Kier alpha value is -2.05. The third kappa shape index (κ3) is 3.39. The monoisotopic (exact) mass is 337 g/mol. The minimum absolute atomic E-state index is 0.146. The average Bonchev–Trinajstić information content (AvgIpc) is 2.90. The second-order valence-corrected chi connectivity index (χ2v) is 5.97. The van der Waals surface area contributed by atoms with Crippen LogP contribution < -0.4 is 4.74 Å². The van der Waals surface area contributed by atoms with Gasteiger partial charge in [0.2, 0.25) is 0 Å². The van der Waals surface area contributed by atoms with Crippen LogP contribution in [0.15, 0.2) is 36.4 Å². The molecule has 1 aliphatic heterocycles. The zero-order valence-electron chi connectivity index (χ0n) is 13.2. The van der Waals surface area contributed by atoms with Gasteiger partial charge in [-0.1, -0.05) is 6.07 Å². The van der Waals surface area contributed by atoms with Gasteiger partial charge in [0, 0.05) is 24.7 Å². The first-order chi connectivity index (χ1) is 11.5. The molecule has 2 unspecified atom stereocenters. The number of aliphatic hydroxyl groups is 1. The number of hydrogen-bond acceptors (Lipinski definition) is 3. The number of methoxy groups -OCH3 is 1. The highest BCUT2D eigenvalue weighted by molar-refractivity contribution is 5.30. The fourth-order valence-corrected chi connectivity index (χ4v) is 3.19. The van der Waals surface area contributed by atoms with Gasteiger partial charge in [-0.15, -0.1) is 0 Å². The molecule has 0 saturated carbocycles. The Morgan fingerprint density at radius 3 is 2.62 bits per heavy atom. The number of nitrogens with zero attached hydrogens (tertiary/aromatic N) is 1. The van der Waals surface area contributed by atoms with Crippen LogP contribution in [-0.2, 0) is 6.54 Å². The molecule has 1 saturated heterocycles. The van der Waals surface area contributed by atoms with Crippen molar-refractivity contribution in [3.05, 3.63) is 65.0 Å². The highest BCUT2D eigenvalue weighted by Crippen LogP contribution is 2.35. The van der Waals surface area contributed by atoms with E-state index >= 15 is 0 Å². The minimum Gasteiger partial charge on any atom is -0.494 e. The molecule has 0 aliphatic carbocycles. The van der Waals surface area contributed by atoms with E-state index in [9.17, 15) is 18.3 Å². The van der Waals surface area contributed by atoms with Crippen LogP contribution >= 0.6 is 0 Å². The molecule has 0 amide bonds. The Bertz CT molecular complexity index is 738. The van der Waals surface area contributed by atoms with Gasteiger partial charge in [-0.3, -0.25) is 4.90 Å². The van der Waals surface area contributed by atoms with Gasteiger partial charge in [0.25, 0.3) is 0 Å². The summed E-state index contributed by atoms with van der Waals surface area (Å²) in [6, 6.07) is 7.43. The van der Waals surface area contributed by atoms with Crippen molar-refractivity contribution >= 4 is 0 Å². The van der Waals surface area contributed by atoms with Gasteiger partial charge in [0.1, 0.15) is 11.6 Å². The van der Waals surface area contributed by atoms with Crippen molar-refractivity contribution in [1.29, 1.82) is 0 Å². The van der Waals surface area contributed by atoms with E-state index in [1.807, 2.05) is 4.90 Å². The fourth-order valence-electron chi connectivity index (χ4n) is 3.19. The molecule has 6 heteroatoms. The van der Waals surface area contributed by atoms with E-state index in [2.05, 4.69) is 0 Å². The fraction of sp³-hybridized carbons (Fsp3) is 0.333. The smallest absolute Gasteiger partial charge is 0.165 e. The maximum atomic E-state index is 14.1. The number of hydrogen-bond donors (Lipinski definition) is 1. The third-order valence-electron chi connectivity index (χ3n) is 4.30. The quantitative estimate of drug-likeness (QED) is 0.928. The topological polar surface area (TPSA) is 32.7 Å². The molecule has 2 atom stereocenters. The standard InChI is InChI=1S/C18H18F3NO2/c1-24-18-5-2-11(6-16(18)21)9-22-10-13(23)8-17(22)14-7-12(19)3-4-15(14)20/h2-7,13,17,23H,8-10H2,1H3. The first-order valence-electron chi connectivity index (χ1n) is 7.67. The molecule has 1 fully saturated rings. The van der Waals surface area contributed by atoms with Crippen molar-refractivity contribution in [2.75, 3.05) is 13.7 Å². The Morgan fingerprint density at radius 1 is 1.12 bits per heavy atom. The van der Waals surface area contributed by atoms with Crippen LogP contribution in [0.2, 0.25) is 0 Å². The molecule has 24 heavy (non-hydrogen) atoms. The van der Waals surface area contributed by atoms with E-state index < -0.39 is 29.6 Å².